The number of hydrogen-bond acceptors (Lipinski definition) is 8. The van der Waals surface area contributed by atoms with E-state index in [1.54, 1.807) is 0 Å². The molecule has 0 aliphatic heterocycles. The van der Waals surface area contributed by atoms with E-state index in [1.165, 1.54) is 17.6 Å². The highest BCUT2D eigenvalue weighted by Crippen LogP contribution is 2.22. The fourth-order valence-corrected chi connectivity index (χ4v) is 3.64. The van der Waals surface area contributed by atoms with Crippen molar-refractivity contribution in [3.8, 4) is 0 Å². The minimum atomic E-state index is -4.70. The van der Waals surface area contributed by atoms with Crippen molar-refractivity contribution >= 4 is 32.0 Å². The van der Waals surface area contributed by atoms with Gasteiger partial charge in [-0.05, 0) is 12.1 Å². The van der Waals surface area contributed by atoms with Crippen LogP contribution in [0.25, 0.3) is 0 Å². The second kappa shape index (κ2) is 6.10. The van der Waals surface area contributed by atoms with E-state index in [4.69, 9.17) is 0 Å². The zero-order valence-corrected chi connectivity index (χ0v) is 12.5. The summed E-state index contributed by atoms with van der Waals surface area (Å²) in [6, 6.07) is 4.59. The molecule has 0 aromatic heterocycles. The molecule has 0 unspecified atom stereocenters. The lowest BCUT2D eigenvalue weighted by Crippen LogP contribution is -2.29. The van der Waals surface area contributed by atoms with Gasteiger partial charge < -0.3 is 9.02 Å². The molecule has 0 aliphatic carbocycles. The zero-order chi connectivity index (χ0) is 16.3. The van der Waals surface area contributed by atoms with Crippen LogP contribution < -0.4 is 5.48 Å². The topological polar surface area (TPSA) is 133 Å². The quantitative estimate of drug-likeness (QED) is 0.601. The fourth-order valence-electron chi connectivity index (χ4n) is 1.24. The molecule has 0 aliphatic rings. The van der Waals surface area contributed by atoms with Crippen LogP contribution >= 0.6 is 0 Å². The minimum Gasteiger partial charge on any atom is -0.338 e. The molecule has 21 heavy (non-hydrogen) atoms. The van der Waals surface area contributed by atoms with Crippen LogP contribution in [0.4, 0.5) is 4.79 Å². The minimum absolute atomic E-state index is 0.523. The molecule has 0 bridgehead atoms. The van der Waals surface area contributed by atoms with E-state index in [1.807, 2.05) is 0 Å². The van der Waals surface area contributed by atoms with Crippen LogP contribution in [0, 0.1) is 0 Å². The van der Waals surface area contributed by atoms with Gasteiger partial charge in [0.1, 0.15) is 4.90 Å². The van der Waals surface area contributed by atoms with Crippen LogP contribution in [0.3, 0.4) is 0 Å². The van der Waals surface area contributed by atoms with Gasteiger partial charge in [0.2, 0.25) is 0 Å². The van der Waals surface area contributed by atoms with Gasteiger partial charge in [-0.2, -0.15) is 8.42 Å². The predicted octanol–water partition coefficient (Wildman–Crippen LogP) is -0.0169. The van der Waals surface area contributed by atoms with Crippen molar-refractivity contribution in [3.63, 3.8) is 0 Å². The average Bonchev–Trinajstić information content (AvgIpc) is 2.35. The van der Waals surface area contributed by atoms with Crippen LogP contribution in [0.15, 0.2) is 34.1 Å². The number of sulfone groups is 1. The Morgan fingerprint density at radius 1 is 1.05 bits per heavy atom. The van der Waals surface area contributed by atoms with Gasteiger partial charge in [-0.15, -0.1) is 5.48 Å². The maximum atomic E-state index is 11.9. The van der Waals surface area contributed by atoms with E-state index >= 15 is 0 Å². The molecule has 0 saturated heterocycles. The van der Waals surface area contributed by atoms with Crippen LogP contribution in [-0.2, 0) is 33.8 Å². The van der Waals surface area contributed by atoms with Crippen molar-refractivity contribution in [1.82, 2.24) is 5.48 Å². The van der Waals surface area contributed by atoms with E-state index in [9.17, 15) is 26.4 Å². The molecule has 0 atom stereocenters. The first-order valence-corrected chi connectivity index (χ1v) is 8.55. The van der Waals surface area contributed by atoms with E-state index in [-0.39, 0.29) is 0 Å². The molecule has 1 amide bonds. The van der Waals surface area contributed by atoms with E-state index < -0.39 is 41.8 Å². The van der Waals surface area contributed by atoms with Crippen molar-refractivity contribution in [2.24, 2.45) is 0 Å². The number of hydrogen-bond donors (Lipinski definition) is 1. The van der Waals surface area contributed by atoms with Crippen molar-refractivity contribution in [2.75, 3.05) is 6.26 Å². The Balaban J connectivity index is 3.10. The van der Waals surface area contributed by atoms with Gasteiger partial charge in [-0.25, -0.2) is 13.2 Å². The third-order valence-electron chi connectivity index (χ3n) is 1.98. The average molecular weight is 337 g/mol. The van der Waals surface area contributed by atoms with Gasteiger partial charge in [0.05, 0.1) is 4.90 Å². The highest BCUT2D eigenvalue weighted by Gasteiger charge is 2.27. The second-order valence-electron chi connectivity index (χ2n) is 3.74. The third-order valence-corrected chi connectivity index (χ3v) is 4.53. The van der Waals surface area contributed by atoms with Gasteiger partial charge >= 0.3 is 22.2 Å². The summed E-state index contributed by atoms with van der Waals surface area (Å²) in [7, 11) is -8.56. The van der Waals surface area contributed by atoms with Crippen molar-refractivity contribution in [2.45, 2.75) is 16.7 Å². The largest absolute Gasteiger partial charge is 0.456 e. The van der Waals surface area contributed by atoms with Crippen LogP contribution in [0.1, 0.15) is 6.92 Å². The Bertz CT molecular complexity index is 766. The van der Waals surface area contributed by atoms with Gasteiger partial charge in [0, 0.05) is 13.2 Å². The number of carbonyl (C=O) groups is 2. The summed E-state index contributed by atoms with van der Waals surface area (Å²) in [4.78, 5) is 24.4. The number of rotatable bonds is 3. The Morgan fingerprint density at radius 3 is 2.05 bits per heavy atom. The molecule has 11 heteroatoms. The lowest BCUT2D eigenvalue weighted by atomic mass is 10.4. The Labute approximate surface area is 120 Å². The summed E-state index contributed by atoms with van der Waals surface area (Å²) in [5.41, 5.74) is 1.43. The zero-order valence-electron chi connectivity index (χ0n) is 10.9. The molecular weight excluding hydrogens is 326 g/mol. The molecule has 1 N–H and O–H groups in total. The molecule has 0 radical (unpaired) electrons. The summed E-state index contributed by atoms with van der Waals surface area (Å²) in [5, 5.41) is 0. The summed E-state index contributed by atoms with van der Waals surface area (Å²) in [6.45, 7) is 0.966. The van der Waals surface area contributed by atoms with Gasteiger partial charge in [0.15, 0.2) is 9.84 Å². The number of hydroxylamine groups is 1. The third kappa shape index (κ3) is 4.72. The first-order valence-electron chi connectivity index (χ1n) is 5.25. The standard InChI is InChI=1S/C10H11NO8S2/c1-7(12)18-11-10(13)19-21(16,17)9-6-4-3-5-8(9)20(2,14)15/h3-6H,1-2H3,(H,11,13). The van der Waals surface area contributed by atoms with E-state index in [2.05, 4.69) is 9.02 Å². The van der Waals surface area contributed by atoms with Crippen molar-refractivity contribution < 1.29 is 35.4 Å². The predicted molar refractivity (Wildman–Crippen MR) is 68.1 cm³/mol. The molecule has 116 valence electrons. The summed E-state index contributed by atoms with van der Waals surface area (Å²) in [6.07, 6.45) is -0.784. The lowest BCUT2D eigenvalue weighted by Gasteiger charge is -2.09. The second-order valence-corrected chi connectivity index (χ2v) is 7.24. The highest BCUT2D eigenvalue weighted by molar-refractivity contribution is 7.92. The molecular formula is C10H11NO8S2. The van der Waals surface area contributed by atoms with Crippen LogP contribution in [0.2, 0.25) is 0 Å². The molecule has 0 saturated carbocycles. The SMILES string of the molecule is CC(=O)ONC(=O)OS(=O)(=O)c1ccccc1S(C)(=O)=O. The maximum absolute atomic E-state index is 11.9. The molecule has 0 spiro atoms. The lowest BCUT2D eigenvalue weighted by molar-refractivity contribution is -0.146. The Morgan fingerprint density at radius 2 is 1.57 bits per heavy atom. The summed E-state index contributed by atoms with van der Waals surface area (Å²) < 4.78 is 50.8. The van der Waals surface area contributed by atoms with Gasteiger partial charge in [-0.3, -0.25) is 4.79 Å². The van der Waals surface area contributed by atoms with Crippen molar-refractivity contribution in [3.05, 3.63) is 24.3 Å². The Kier molecular flexibility index (Phi) is 4.91. The van der Waals surface area contributed by atoms with Gasteiger partial charge in [-0.1, -0.05) is 12.1 Å². The number of nitrogens with one attached hydrogen (secondary N) is 1. The molecule has 0 fully saturated rings. The molecule has 9 nitrogen and oxygen atoms in total. The van der Waals surface area contributed by atoms with Gasteiger partial charge in [0.25, 0.3) is 0 Å². The molecule has 1 aromatic rings. The molecule has 1 aromatic carbocycles. The monoisotopic (exact) mass is 337 g/mol. The van der Waals surface area contributed by atoms with E-state index in [0.717, 1.165) is 25.3 Å². The Hall–Kier alpha value is -2.14. The molecule has 0 heterocycles. The summed E-state index contributed by atoms with van der Waals surface area (Å²) in [5.74, 6) is -0.902. The number of benzene rings is 1. The first kappa shape index (κ1) is 16.9. The van der Waals surface area contributed by atoms with Crippen LogP contribution in [0.5, 0.6) is 0 Å². The fraction of sp³-hybridized carbons (Fsp3) is 0.200. The van der Waals surface area contributed by atoms with Crippen molar-refractivity contribution in [1.29, 1.82) is 0 Å². The van der Waals surface area contributed by atoms with Crippen LogP contribution in [-0.4, -0.2) is 35.2 Å². The highest BCUT2D eigenvalue weighted by atomic mass is 32.2. The molecule has 1 rings (SSSR count). The smallest absolute Gasteiger partial charge is 0.338 e. The first-order chi connectivity index (χ1) is 9.54. The number of amides is 1. The maximum Gasteiger partial charge on any atom is 0.456 e. The van der Waals surface area contributed by atoms with E-state index in [0.29, 0.717) is 0 Å². The normalized spacial score (nSPS) is 11.5. The number of carbonyl (C=O) groups excluding carboxylic acids is 2. The summed E-state index contributed by atoms with van der Waals surface area (Å²) >= 11 is 0.